The SMILES string of the molecule is C=C(C)C(=O)OCCOc1ccc(C(C)(COC(=O)C(C)=CC)c2ccc(OCCOC(=O)C(=C)C)cc2)cc1. The first-order valence-electron chi connectivity index (χ1n) is 12.9. The lowest BCUT2D eigenvalue weighted by molar-refractivity contribution is -0.140. The van der Waals surface area contributed by atoms with Crippen LogP contribution in [-0.2, 0) is 34.0 Å². The highest BCUT2D eigenvalue weighted by Crippen LogP contribution is 2.34. The smallest absolute Gasteiger partial charge is 0.333 e. The number of carbonyl (C=O) groups is 3. The van der Waals surface area contributed by atoms with Gasteiger partial charge < -0.3 is 23.7 Å². The topological polar surface area (TPSA) is 97.4 Å². The minimum atomic E-state index is -0.686. The van der Waals surface area contributed by atoms with Crippen LogP contribution >= 0.6 is 0 Å². The summed E-state index contributed by atoms with van der Waals surface area (Å²) in [4.78, 5) is 35.5. The first-order valence-corrected chi connectivity index (χ1v) is 12.9. The van der Waals surface area contributed by atoms with E-state index >= 15 is 0 Å². The Labute approximate surface area is 236 Å². The molecule has 0 aromatic heterocycles. The molecule has 0 amide bonds. The van der Waals surface area contributed by atoms with Crippen molar-refractivity contribution < 1.29 is 38.1 Å². The zero-order valence-electron chi connectivity index (χ0n) is 23.9. The van der Waals surface area contributed by atoms with E-state index < -0.39 is 17.4 Å². The van der Waals surface area contributed by atoms with Gasteiger partial charge in [-0.05, 0) is 70.0 Å². The van der Waals surface area contributed by atoms with E-state index in [9.17, 15) is 14.4 Å². The van der Waals surface area contributed by atoms with Crippen molar-refractivity contribution in [2.75, 3.05) is 33.0 Å². The average molecular weight is 551 g/mol. The van der Waals surface area contributed by atoms with E-state index in [2.05, 4.69) is 13.2 Å². The second-order valence-corrected chi connectivity index (χ2v) is 9.46. The molecule has 2 aromatic carbocycles. The van der Waals surface area contributed by atoms with Crippen molar-refractivity contribution in [1.82, 2.24) is 0 Å². The molecule has 0 unspecified atom stereocenters. The molecule has 8 nitrogen and oxygen atoms in total. The van der Waals surface area contributed by atoms with Crippen molar-refractivity contribution in [3.05, 3.63) is 95.6 Å². The Bertz CT molecular complexity index is 1150. The van der Waals surface area contributed by atoms with E-state index in [1.807, 2.05) is 55.5 Å². The minimum absolute atomic E-state index is 0.102. The van der Waals surface area contributed by atoms with Gasteiger partial charge in [-0.2, -0.15) is 0 Å². The number of ether oxygens (including phenoxy) is 5. The molecule has 8 heteroatoms. The van der Waals surface area contributed by atoms with Gasteiger partial charge in [0.15, 0.2) is 0 Å². The van der Waals surface area contributed by atoms with E-state index in [-0.39, 0.29) is 39.0 Å². The molecule has 0 heterocycles. The second-order valence-electron chi connectivity index (χ2n) is 9.46. The molecule has 2 rings (SSSR count). The van der Waals surface area contributed by atoms with Gasteiger partial charge in [-0.25, -0.2) is 14.4 Å². The lowest BCUT2D eigenvalue weighted by Gasteiger charge is -2.31. The Morgan fingerprint density at radius 2 is 1.07 bits per heavy atom. The minimum Gasteiger partial charge on any atom is -0.490 e. The maximum atomic E-state index is 12.5. The molecule has 0 radical (unpaired) electrons. The van der Waals surface area contributed by atoms with Crippen LogP contribution in [0.15, 0.2) is 84.5 Å². The third-order valence-corrected chi connectivity index (χ3v) is 6.10. The van der Waals surface area contributed by atoms with Crippen LogP contribution in [0.5, 0.6) is 11.5 Å². The van der Waals surface area contributed by atoms with Crippen LogP contribution in [0.2, 0.25) is 0 Å². The third-order valence-electron chi connectivity index (χ3n) is 6.10. The normalized spacial score (nSPS) is 11.3. The average Bonchev–Trinajstić information content (AvgIpc) is 2.95. The fourth-order valence-electron chi connectivity index (χ4n) is 3.45. The molecule has 0 saturated heterocycles. The van der Waals surface area contributed by atoms with Crippen molar-refractivity contribution in [2.45, 2.75) is 40.0 Å². The summed E-state index contributed by atoms with van der Waals surface area (Å²) in [5.41, 5.74) is 2.30. The number of carbonyl (C=O) groups excluding carboxylic acids is 3. The lowest BCUT2D eigenvalue weighted by atomic mass is 9.77. The predicted molar refractivity (Wildman–Crippen MR) is 152 cm³/mol. The monoisotopic (exact) mass is 550 g/mol. The fraction of sp³-hybridized carbons (Fsp3) is 0.344. The zero-order valence-corrected chi connectivity index (χ0v) is 23.9. The van der Waals surface area contributed by atoms with Gasteiger partial charge in [0.1, 0.15) is 44.5 Å². The summed E-state index contributed by atoms with van der Waals surface area (Å²) in [5.74, 6) is -0.0898. The molecule has 214 valence electrons. The van der Waals surface area contributed by atoms with Gasteiger partial charge in [0.2, 0.25) is 0 Å². The highest BCUT2D eigenvalue weighted by Gasteiger charge is 2.31. The van der Waals surface area contributed by atoms with Crippen molar-refractivity contribution in [2.24, 2.45) is 0 Å². The fourth-order valence-corrected chi connectivity index (χ4v) is 3.45. The van der Waals surface area contributed by atoms with E-state index in [1.165, 1.54) is 0 Å². The molecule has 0 N–H and O–H groups in total. The molecule has 0 aliphatic carbocycles. The highest BCUT2D eigenvalue weighted by atomic mass is 16.6. The summed E-state index contributed by atoms with van der Waals surface area (Å²) < 4.78 is 27.2. The van der Waals surface area contributed by atoms with Gasteiger partial charge >= 0.3 is 17.9 Å². The van der Waals surface area contributed by atoms with Crippen LogP contribution < -0.4 is 9.47 Å². The van der Waals surface area contributed by atoms with Gasteiger partial charge in [0.05, 0.1) is 5.41 Å². The maximum absolute atomic E-state index is 12.5. The Balaban J connectivity index is 2.15. The van der Waals surface area contributed by atoms with Crippen molar-refractivity contribution in [1.29, 1.82) is 0 Å². The van der Waals surface area contributed by atoms with Crippen molar-refractivity contribution in [3.8, 4) is 11.5 Å². The van der Waals surface area contributed by atoms with Crippen LogP contribution in [0.1, 0.15) is 45.7 Å². The summed E-state index contributed by atoms with van der Waals surface area (Å²) in [6, 6.07) is 14.9. The largest absolute Gasteiger partial charge is 0.490 e. The maximum Gasteiger partial charge on any atom is 0.333 e. The second kappa shape index (κ2) is 15.3. The quantitative estimate of drug-likeness (QED) is 0.124. The van der Waals surface area contributed by atoms with Gasteiger partial charge in [0.25, 0.3) is 0 Å². The molecular weight excluding hydrogens is 512 g/mol. The van der Waals surface area contributed by atoms with E-state index in [1.54, 1.807) is 33.8 Å². The molecule has 0 fully saturated rings. The number of hydrogen-bond acceptors (Lipinski definition) is 8. The summed E-state index contributed by atoms with van der Waals surface area (Å²) in [6.45, 7) is 16.5. The molecule has 0 atom stereocenters. The van der Waals surface area contributed by atoms with Gasteiger partial charge in [0, 0.05) is 16.7 Å². The Kier molecular flexibility index (Phi) is 12.2. The zero-order chi connectivity index (χ0) is 29.7. The van der Waals surface area contributed by atoms with Crippen molar-refractivity contribution >= 4 is 17.9 Å². The number of rotatable bonds is 15. The molecule has 40 heavy (non-hydrogen) atoms. The molecule has 0 spiro atoms. The number of esters is 3. The third kappa shape index (κ3) is 9.45. The lowest BCUT2D eigenvalue weighted by Crippen LogP contribution is -2.31. The summed E-state index contributed by atoms with van der Waals surface area (Å²) in [7, 11) is 0. The number of allylic oxidation sites excluding steroid dienone is 1. The Hall–Kier alpha value is -4.33. The number of benzene rings is 2. The van der Waals surface area contributed by atoms with Crippen LogP contribution in [0.4, 0.5) is 0 Å². The molecule has 0 bridgehead atoms. The first kappa shape index (κ1) is 31.9. The summed E-state index contributed by atoms with van der Waals surface area (Å²) in [5, 5.41) is 0. The van der Waals surface area contributed by atoms with E-state index in [0.717, 1.165) is 11.1 Å². The van der Waals surface area contributed by atoms with Crippen LogP contribution in [-0.4, -0.2) is 50.9 Å². The van der Waals surface area contributed by atoms with Crippen LogP contribution in [0, 0.1) is 0 Å². The first-order chi connectivity index (χ1) is 19.0. The highest BCUT2D eigenvalue weighted by molar-refractivity contribution is 5.88. The van der Waals surface area contributed by atoms with Gasteiger partial charge in [-0.3, -0.25) is 0 Å². The van der Waals surface area contributed by atoms with E-state index in [0.29, 0.717) is 28.2 Å². The Morgan fingerprint density at radius 3 is 1.43 bits per heavy atom. The number of hydrogen-bond donors (Lipinski definition) is 0. The van der Waals surface area contributed by atoms with Gasteiger partial charge in [-0.1, -0.05) is 43.5 Å². The van der Waals surface area contributed by atoms with Crippen molar-refractivity contribution in [3.63, 3.8) is 0 Å². The Morgan fingerprint density at radius 1 is 0.675 bits per heavy atom. The predicted octanol–water partition coefficient (Wildman–Crippen LogP) is 5.50. The summed E-state index contributed by atoms with van der Waals surface area (Å²) >= 11 is 0. The molecule has 2 aromatic rings. The van der Waals surface area contributed by atoms with Crippen LogP contribution in [0.25, 0.3) is 0 Å². The van der Waals surface area contributed by atoms with E-state index in [4.69, 9.17) is 23.7 Å². The molecule has 0 saturated carbocycles. The summed E-state index contributed by atoms with van der Waals surface area (Å²) in [6.07, 6.45) is 1.71. The molecule has 0 aliphatic rings. The molecule has 0 aliphatic heterocycles. The standard InChI is InChI=1S/C32H38O8/c1-8-24(6)31(35)40-21-32(7,25-9-13-27(14-10-25)36-17-19-38-29(33)22(2)3)26-11-15-28(16-12-26)37-18-20-39-30(34)23(4)5/h8-16H,2,4,17-21H2,1,3,5-7H3. The molecular formula is C32H38O8. The van der Waals surface area contributed by atoms with Gasteiger partial charge in [-0.15, -0.1) is 0 Å². The van der Waals surface area contributed by atoms with Crippen LogP contribution in [0.3, 0.4) is 0 Å².